The molecule has 1 saturated carbocycles. The van der Waals surface area contributed by atoms with E-state index in [4.69, 9.17) is 5.11 Å². The number of thiophene rings is 1. The summed E-state index contributed by atoms with van der Waals surface area (Å²) in [5, 5.41) is 24.5. The molecule has 2 atom stereocenters. The summed E-state index contributed by atoms with van der Waals surface area (Å²) in [5.74, 6) is -0.0477. The third-order valence-corrected chi connectivity index (χ3v) is 4.91. The third-order valence-electron chi connectivity index (χ3n) is 3.09. The quantitative estimate of drug-likeness (QED) is 0.800. The Morgan fingerprint density at radius 2 is 2.24 bits per heavy atom. The van der Waals surface area contributed by atoms with Crippen LogP contribution in [0.5, 0.6) is 0 Å². The molecule has 0 saturated heterocycles. The zero-order chi connectivity index (χ0) is 15.0. The fourth-order valence-corrected chi connectivity index (χ4v) is 3.67. The van der Waals surface area contributed by atoms with Crippen molar-refractivity contribution in [3.63, 3.8) is 0 Å². The van der Waals surface area contributed by atoms with Gasteiger partial charge in [0.25, 0.3) is 5.91 Å². The SMILES string of the molecule is Cc1nnc(NC(=O)c2csc([C@@H]3C[C@H]3NC(=O)O)c2)s1. The molecule has 9 heteroatoms. The van der Waals surface area contributed by atoms with Gasteiger partial charge in [0.15, 0.2) is 0 Å². The van der Waals surface area contributed by atoms with Gasteiger partial charge < -0.3 is 10.4 Å². The number of anilines is 1. The Hall–Kier alpha value is -2.00. The highest BCUT2D eigenvalue weighted by Gasteiger charge is 2.40. The predicted molar refractivity (Wildman–Crippen MR) is 79.2 cm³/mol. The van der Waals surface area contributed by atoms with Gasteiger partial charge in [-0.05, 0) is 19.4 Å². The van der Waals surface area contributed by atoms with Gasteiger partial charge in [0, 0.05) is 22.2 Å². The summed E-state index contributed by atoms with van der Waals surface area (Å²) < 4.78 is 0. The van der Waals surface area contributed by atoms with Crippen molar-refractivity contribution in [2.24, 2.45) is 0 Å². The molecule has 1 aliphatic rings. The van der Waals surface area contributed by atoms with E-state index in [1.54, 1.807) is 5.38 Å². The third kappa shape index (κ3) is 3.19. The van der Waals surface area contributed by atoms with E-state index in [1.807, 2.05) is 13.0 Å². The number of aromatic nitrogens is 2. The van der Waals surface area contributed by atoms with E-state index < -0.39 is 6.09 Å². The van der Waals surface area contributed by atoms with Crippen LogP contribution in [0.15, 0.2) is 11.4 Å². The number of carbonyl (C=O) groups excluding carboxylic acids is 1. The van der Waals surface area contributed by atoms with Gasteiger partial charge in [0.1, 0.15) is 5.01 Å². The van der Waals surface area contributed by atoms with Gasteiger partial charge >= 0.3 is 6.09 Å². The molecule has 7 nitrogen and oxygen atoms in total. The molecule has 21 heavy (non-hydrogen) atoms. The topological polar surface area (TPSA) is 104 Å². The summed E-state index contributed by atoms with van der Waals surface area (Å²) in [5.41, 5.74) is 0.559. The molecule has 2 aromatic rings. The number of rotatable bonds is 4. The van der Waals surface area contributed by atoms with Crippen molar-refractivity contribution < 1.29 is 14.7 Å². The van der Waals surface area contributed by atoms with Crippen LogP contribution in [0.25, 0.3) is 0 Å². The van der Waals surface area contributed by atoms with Crippen molar-refractivity contribution in [2.45, 2.75) is 25.3 Å². The molecule has 2 aromatic heterocycles. The van der Waals surface area contributed by atoms with Crippen molar-refractivity contribution >= 4 is 39.8 Å². The molecule has 2 amide bonds. The van der Waals surface area contributed by atoms with Crippen molar-refractivity contribution in [2.75, 3.05) is 5.32 Å². The summed E-state index contributed by atoms with van der Waals surface area (Å²) in [6.07, 6.45) is -0.229. The summed E-state index contributed by atoms with van der Waals surface area (Å²) in [7, 11) is 0. The number of nitrogens with one attached hydrogen (secondary N) is 2. The maximum Gasteiger partial charge on any atom is 0.404 e. The first-order valence-electron chi connectivity index (χ1n) is 6.22. The Labute approximate surface area is 128 Å². The molecule has 0 aromatic carbocycles. The van der Waals surface area contributed by atoms with E-state index in [2.05, 4.69) is 20.8 Å². The standard InChI is InChI=1S/C12H12N4O3S2/c1-5-15-16-11(21-5)14-10(17)6-2-9(20-4-6)7-3-8(7)13-12(18)19/h2,4,7-8,13H,3H2,1H3,(H,18,19)(H,14,16,17)/t7-,8-/m1/s1. The van der Waals surface area contributed by atoms with E-state index in [0.717, 1.165) is 16.3 Å². The van der Waals surface area contributed by atoms with Crippen molar-refractivity contribution in [3.8, 4) is 0 Å². The van der Waals surface area contributed by atoms with Crippen LogP contribution in [0.1, 0.15) is 32.6 Å². The molecule has 3 N–H and O–H groups in total. The van der Waals surface area contributed by atoms with Crippen LogP contribution in [0.2, 0.25) is 0 Å². The minimum absolute atomic E-state index is 0.0390. The number of carboxylic acid groups (broad SMARTS) is 1. The lowest BCUT2D eigenvalue weighted by Crippen LogP contribution is -2.23. The Bertz CT molecular complexity index is 696. The summed E-state index contributed by atoms with van der Waals surface area (Å²) >= 11 is 2.79. The number of nitrogens with zero attached hydrogens (tertiary/aromatic N) is 2. The zero-order valence-corrected chi connectivity index (χ0v) is 12.6. The minimum atomic E-state index is -1.01. The van der Waals surface area contributed by atoms with Crippen LogP contribution in [0.3, 0.4) is 0 Å². The molecule has 0 bridgehead atoms. The molecule has 110 valence electrons. The number of amides is 2. The molecule has 0 unspecified atom stereocenters. The lowest BCUT2D eigenvalue weighted by Gasteiger charge is -1.98. The van der Waals surface area contributed by atoms with Crippen LogP contribution in [0.4, 0.5) is 9.93 Å². The maximum absolute atomic E-state index is 12.1. The highest BCUT2D eigenvalue weighted by molar-refractivity contribution is 7.15. The monoisotopic (exact) mass is 324 g/mol. The van der Waals surface area contributed by atoms with Gasteiger partial charge in [0.05, 0.1) is 5.56 Å². The van der Waals surface area contributed by atoms with E-state index in [1.165, 1.54) is 22.7 Å². The summed E-state index contributed by atoms with van der Waals surface area (Å²) in [6.45, 7) is 1.82. The fourth-order valence-electron chi connectivity index (χ4n) is 2.01. The first-order chi connectivity index (χ1) is 10.0. The largest absolute Gasteiger partial charge is 0.465 e. The van der Waals surface area contributed by atoms with Gasteiger partial charge in [-0.3, -0.25) is 10.1 Å². The highest BCUT2D eigenvalue weighted by atomic mass is 32.1. The second-order valence-corrected chi connectivity index (χ2v) is 6.84. The van der Waals surface area contributed by atoms with Gasteiger partial charge in [0.2, 0.25) is 5.13 Å². The predicted octanol–water partition coefficient (Wildman–Crippen LogP) is 2.28. The molecular formula is C12H12N4O3S2. The highest BCUT2D eigenvalue weighted by Crippen LogP contribution is 2.43. The molecule has 0 spiro atoms. The molecular weight excluding hydrogens is 312 g/mol. The minimum Gasteiger partial charge on any atom is -0.465 e. The van der Waals surface area contributed by atoms with Gasteiger partial charge in [-0.2, -0.15) is 0 Å². The van der Waals surface area contributed by atoms with Gasteiger partial charge in [-0.1, -0.05) is 11.3 Å². The van der Waals surface area contributed by atoms with E-state index in [9.17, 15) is 9.59 Å². The number of hydrogen-bond donors (Lipinski definition) is 3. The molecule has 0 aliphatic heterocycles. The van der Waals surface area contributed by atoms with Crippen molar-refractivity contribution in [3.05, 3.63) is 26.9 Å². The van der Waals surface area contributed by atoms with Crippen LogP contribution < -0.4 is 10.6 Å². The van der Waals surface area contributed by atoms with Crippen molar-refractivity contribution in [1.29, 1.82) is 0 Å². The van der Waals surface area contributed by atoms with Gasteiger partial charge in [-0.15, -0.1) is 21.5 Å². The number of hydrogen-bond acceptors (Lipinski definition) is 6. The molecule has 3 rings (SSSR count). The second-order valence-electron chi connectivity index (χ2n) is 4.72. The zero-order valence-electron chi connectivity index (χ0n) is 11.0. The smallest absolute Gasteiger partial charge is 0.404 e. The number of aryl methyl sites for hydroxylation is 1. The molecule has 1 fully saturated rings. The maximum atomic E-state index is 12.1. The Morgan fingerprint density at radius 3 is 2.90 bits per heavy atom. The van der Waals surface area contributed by atoms with Gasteiger partial charge in [-0.25, -0.2) is 4.79 Å². The molecule has 1 aliphatic carbocycles. The second kappa shape index (κ2) is 5.41. The van der Waals surface area contributed by atoms with E-state index in [0.29, 0.717) is 10.7 Å². The average molecular weight is 324 g/mol. The van der Waals surface area contributed by atoms with E-state index in [-0.39, 0.29) is 17.9 Å². The summed E-state index contributed by atoms with van der Waals surface area (Å²) in [4.78, 5) is 23.6. The Morgan fingerprint density at radius 1 is 1.43 bits per heavy atom. The fraction of sp³-hybridized carbons (Fsp3) is 0.333. The Kier molecular flexibility index (Phi) is 3.60. The molecule has 0 radical (unpaired) electrons. The summed E-state index contributed by atoms with van der Waals surface area (Å²) in [6, 6.07) is 1.77. The first-order valence-corrected chi connectivity index (χ1v) is 7.92. The van der Waals surface area contributed by atoms with Crippen molar-refractivity contribution in [1.82, 2.24) is 15.5 Å². The molecule has 2 heterocycles. The Balaban J connectivity index is 1.62. The van der Waals surface area contributed by atoms with Crippen LogP contribution >= 0.6 is 22.7 Å². The van der Waals surface area contributed by atoms with E-state index >= 15 is 0 Å². The van der Waals surface area contributed by atoms with Crippen LogP contribution in [-0.4, -0.2) is 33.3 Å². The lowest BCUT2D eigenvalue weighted by atomic mass is 10.2. The average Bonchev–Trinajstić information content (AvgIpc) is 2.86. The number of carbonyl (C=O) groups is 2. The normalized spacial score (nSPS) is 20.0. The lowest BCUT2D eigenvalue weighted by molar-refractivity contribution is 0.102. The van der Waals surface area contributed by atoms with Crippen LogP contribution in [0, 0.1) is 6.92 Å². The van der Waals surface area contributed by atoms with Crippen LogP contribution in [-0.2, 0) is 0 Å². The first kappa shape index (κ1) is 14.0.